The second-order valence-corrected chi connectivity index (χ2v) is 4.03. The standard InChI is InChI=1S/C13H20N2O5/c1-14-11-8-12(15(16)17)10-13(9-11)20-7-6-19-5-3-4-18-2/h8-10,14H,3-7H2,1-2H3. The molecule has 0 aliphatic carbocycles. The first-order valence-electron chi connectivity index (χ1n) is 6.34. The van der Waals surface area contributed by atoms with Crippen molar-refractivity contribution >= 4 is 11.4 Å². The molecule has 112 valence electrons. The lowest BCUT2D eigenvalue weighted by molar-refractivity contribution is -0.384. The average Bonchev–Trinajstić information content (AvgIpc) is 2.46. The molecule has 1 aromatic rings. The number of methoxy groups -OCH3 is 1. The van der Waals surface area contributed by atoms with Crippen LogP contribution in [0.15, 0.2) is 18.2 Å². The zero-order chi connectivity index (χ0) is 14.8. The third-order valence-corrected chi connectivity index (χ3v) is 2.52. The van der Waals surface area contributed by atoms with Crippen molar-refractivity contribution in [1.29, 1.82) is 0 Å². The SMILES string of the molecule is CNc1cc(OCCOCCCOC)cc([N+](=O)[O-])c1. The molecule has 0 fully saturated rings. The fourth-order valence-corrected chi connectivity index (χ4v) is 1.54. The monoisotopic (exact) mass is 284 g/mol. The predicted octanol–water partition coefficient (Wildman–Crippen LogP) is 2.07. The van der Waals surface area contributed by atoms with E-state index in [1.54, 1.807) is 20.2 Å². The molecule has 0 aromatic heterocycles. The van der Waals surface area contributed by atoms with Crippen LogP contribution in [-0.2, 0) is 9.47 Å². The first-order valence-corrected chi connectivity index (χ1v) is 6.34. The van der Waals surface area contributed by atoms with Gasteiger partial charge in [0.1, 0.15) is 12.4 Å². The number of anilines is 1. The normalized spacial score (nSPS) is 10.3. The number of rotatable bonds is 10. The first kappa shape index (κ1) is 16.2. The molecular weight excluding hydrogens is 264 g/mol. The molecule has 1 N–H and O–H groups in total. The largest absolute Gasteiger partial charge is 0.491 e. The van der Waals surface area contributed by atoms with Crippen molar-refractivity contribution in [3.05, 3.63) is 28.3 Å². The number of nitro groups is 1. The lowest BCUT2D eigenvalue weighted by Gasteiger charge is -2.09. The number of non-ortho nitro benzene ring substituents is 1. The number of nitrogens with zero attached hydrogens (tertiary/aromatic N) is 1. The van der Waals surface area contributed by atoms with Crippen LogP contribution in [0.1, 0.15) is 6.42 Å². The quantitative estimate of drug-likeness (QED) is 0.402. The van der Waals surface area contributed by atoms with Crippen LogP contribution in [0, 0.1) is 10.1 Å². The molecule has 0 aliphatic heterocycles. The van der Waals surface area contributed by atoms with Gasteiger partial charge in [0.15, 0.2) is 0 Å². The Labute approximate surface area is 118 Å². The van der Waals surface area contributed by atoms with Crippen molar-refractivity contribution in [3.8, 4) is 5.75 Å². The van der Waals surface area contributed by atoms with E-state index in [2.05, 4.69) is 5.32 Å². The maximum Gasteiger partial charge on any atom is 0.275 e. The highest BCUT2D eigenvalue weighted by atomic mass is 16.6. The van der Waals surface area contributed by atoms with Gasteiger partial charge in [0, 0.05) is 45.2 Å². The maximum absolute atomic E-state index is 10.8. The molecule has 0 bridgehead atoms. The third-order valence-electron chi connectivity index (χ3n) is 2.52. The van der Waals surface area contributed by atoms with Crippen LogP contribution >= 0.6 is 0 Å². The zero-order valence-corrected chi connectivity index (χ0v) is 11.8. The van der Waals surface area contributed by atoms with Gasteiger partial charge in [0.05, 0.1) is 17.6 Å². The second-order valence-electron chi connectivity index (χ2n) is 4.03. The van der Waals surface area contributed by atoms with Gasteiger partial charge in [-0.05, 0) is 6.42 Å². The molecular formula is C13H20N2O5. The molecule has 0 spiro atoms. The molecule has 0 amide bonds. The van der Waals surface area contributed by atoms with Crippen LogP contribution < -0.4 is 10.1 Å². The van der Waals surface area contributed by atoms with Gasteiger partial charge in [0.25, 0.3) is 5.69 Å². The minimum Gasteiger partial charge on any atom is -0.491 e. The summed E-state index contributed by atoms with van der Waals surface area (Å²) in [7, 11) is 3.34. The van der Waals surface area contributed by atoms with Gasteiger partial charge < -0.3 is 19.5 Å². The number of nitrogens with one attached hydrogen (secondary N) is 1. The molecule has 7 heteroatoms. The summed E-state index contributed by atoms with van der Waals surface area (Å²) in [4.78, 5) is 10.3. The fourth-order valence-electron chi connectivity index (χ4n) is 1.54. The van der Waals surface area contributed by atoms with Crippen molar-refractivity contribution < 1.29 is 19.1 Å². The Morgan fingerprint density at radius 3 is 2.65 bits per heavy atom. The van der Waals surface area contributed by atoms with Gasteiger partial charge in [-0.2, -0.15) is 0 Å². The Morgan fingerprint density at radius 2 is 2.00 bits per heavy atom. The summed E-state index contributed by atoms with van der Waals surface area (Å²) in [5.41, 5.74) is 0.628. The Balaban J connectivity index is 2.39. The minimum absolute atomic E-state index is 0.00661. The summed E-state index contributed by atoms with van der Waals surface area (Å²) < 4.78 is 15.7. The summed E-state index contributed by atoms with van der Waals surface area (Å²) in [6, 6.07) is 4.55. The van der Waals surface area contributed by atoms with Crippen LogP contribution in [0.2, 0.25) is 0 Å². The number of nitro benzene ring substituents is 1. The van der Waals surface area contributed by atoms with Crippen LogP contribution in [0.3, 0.4) is 0 Å². The van der Waals surface area contributed by atoms with E-state index >= 15 is 0 Å². The number of ether oxygens (including phenoxy) is 3. The fraction of sp³-hybridized carbons (Fsp3) is 0.538. The molecule has 1 aromatic carbocycles. The van der Waals surface area contributed by atoms with E-state index in [1.165, 1.54) is 12.1 Å². The van der Waals surface area contributed by atoms with Gasteiger partial charge in [-0.1, -0.05) is 0 Å². The highest BCUT2D eigenvalue weighted by molar-refractivity contribution is 5.55. The number of hydrogen-bond donors (Lipinski definition) is 1. The van der Waals surface area contributed by atoms with Gasteiger partial charge in [-0.3, -0.25) is 10.1 Å². The summed E-state index contributed by atoms with van der Waals surface area (Å²) in [6.45, 7) is 2.05. The van der Waals surface area contributed by atoms with Crippen LogP contribution in [-0.4, -0.2) is 45.5 Å². The lowest BCUT2D eigenvalue weighted by Crippen LogP contribution is -2.09. The Morgan fingerprint density at radius 1 is 1.20 bits per heavy atom. The van der Waals surface area contributed by atoms with Crippen molar-refractivity contribution in [3.63, 3.8) is 0 Å². The molecule has 1 rings (SSSR count). The molecule has 0 aliphatic rings. The molecule has 0 saturated carbocycles. The Hall–Kier alpha value is -1.86. The number of benzene rings is 1. The second kappa shape index (κ2) is 9.11. The third kappa shape index (κ3) is 5.85. The zero-order valence-electron chi connectivity index (χ0n) is 11.8. The van der Waals surface area contributed by atoms with E-state index < -0.39 is 4.92 Å². The van der Waals surface area contributed by atoms with E-state index in [0.29, 0.717) is 37.9 Å². The van der Waals surface area contributed by atoms with Crippen LogP contribution in [0.4, 0.5) is 11.4 Å². The average molecular weight is 284 g/mol. The van der Waals surface area contributed by atoms with E-state index in [4.69, 9.17) is 14.2 Å². The van der Waals surface area contributed by atoms with Crippen molar-refractivity contribution in [2.45, 2.75) is 6.42 Å². The maximum atomic E-state index is 10.8. The van der Waals surface area contributed by atoms with Gasteiger partial charge >= 0.3 is 0 Å². The van der Waals surface area contributed by atoms with Gasteiger partial charge in [-0.15, -0.1) is 0 Å². The van der Waals surface area contributed by atoms with Crippen molar-refractivity contribution in [2.24, 2.45) is 0 Å². The predicted molar refractivity (Wildman–Crippen MR) is 75.5 cm³/mol. The molecule has 0 unspecified atom stereocenters. The minimum atomic E-state index is -0.449. The van der Waals surface area contributed by atoms with Crippen LogP contribution in [0.5, 0.6) is 5.75 Å². The summed E-state index contributed by atoms with van der Waals surface area (Å²) in [6.07, 6.45) is 0.831. The molecule has 20 heavy (non-hydrogen) atoms. The molecule has 0 atom stereocenters. The van der Waals surface area contributed by atoms with E-state index in [-0.39, 0.29) is 5.69 Å². The molecule has 7 nitrogen and oxygen atoms in total. The van der Waals surface area contributed by atoms with E-state index in [1.807, 2.05) is 0 Å². The smallest absolute Gasteiger partial charge is 0.275 e. The highest BCUT2D eigenvalue weighted by Gasteiger charge is 2.09. The highest BCUT2D eigenvalue weighted by Crippen LogP contribution is 2.25. The Bertz CT molecular complexity index is 425. The van der Waals surface area contributed by atoms with Gasteiger partial charge in [0.2, 0.25) is 0 Å². The lowest BCUT2D eigenvalue weighted by atomic mass is 10.2. The van der Waals surface area contributed by atoms with E-state index in [0.717, 1.165) is 6.42 Å². The molecule has 0 radical (unpaired) electrons. The van der Waals surface area contributed by atoms with Crippen molar-refractivity contribution in [2.75, 3.05) is 45.9 Å². The Kier molecular flexibility index (Phi) is 7.38. The topological polar surface area (TPSA) is 82.9 Å². The number of hydrogen-bond acceptors (Lipinski definition) is 6. The first-order chi connectivity index (χ1) is 9.67. The molecule has 0 saturated heterocycles. The van der Waals surface area contributed by atoms with E-state index in [9.17, 15) is 10.1 Å². The molecule has 0 heterocycles. The summed E-state index contributed by atoms with van der Waals surface area (Å²) in [5.74, 6) is 0.448. The van der Waals surface area contributed by atoms with Gasteiger partial charge in [-0.25, -0.2) is 0 Å². The summed E-state index contributed by atoms with van der Waals surface area (Å²) in [5, 5.41) is 13.6. The summed E-state index contributed by atoms with van der Waals surface area (Å²) >= 11 is 0. The van der Waals surface area contributed by atoms with Crippen LogP contribution in [0.25, 0.3) is 0 Å². The van der Waals surface area contributed by atoms with Crippen molar-refractivity contribution in [1.82, 2.24) is 0 Å².